The number of carbonyl (C=O) groups is 1. The summed E-state index contributed by atoms with van der Waals surface area (Å²) >= 11 is 0. The number of ether oxygens (including phenoxy) is 2. The zero-order chi connectivity index (χ0) is 21.9. The number of imidazole rings is 1. The molecule has 0 unspecified atom stereocenters. The van der Waals surface area contributed by atoms with Gasteiger partial charge in [-0.1, -0.05) is 18.2 Å². The first kappa shape index (κ1) is 20.4. The Kier molecular flexibility index (Phi) is 5.69. The maximum Gasteiger partial charge on any atom is 0.228 e. The maximum atomic E-state index is 12.8. The van der Waals surface area contributed by atoms with Crippen LogP contribution in [0.1, 0.15) is 53.3 Å². The first-order valence-corrected chi connectivity index (χ1v) is 11.0. The van der Waals surface area contributed by atoms with Crippen LogP contribution in [0.3, 0.4) is 0 Å². The van der Waals surface area contributed by atoms with Gasteiger partial charge in [0.1, 0.15) is 5.75 Å². The number of H-pyrrole nitrogens is 1. The second-order valence-corrected chi connectivity index (χ2v) is 8.17. The van der Waals surface area contributed by atoms with Gasteiger partial charge in [0.25, 0.3) is 0 Å². The number of nitrogens with one attached hydrogen (secondary N) is 1. The Bertz CT molecular complexity index is 1190. The van der Waals surface area contributed by atoms with E-state index < -0.39 is 0 Å². The molecule has 32 heavy (non-hydrogen) atoms. The number of para-hydroxylation sites is 2. The number of pyridine rings is 1. The average molecular weight is 428 g/mol. The van der Waals surface area contributed by atoms with E-state index in [0.29, 0.717) is 35.0 Å². The Hall–Kier alpha value is -3.51. The third-order valence-corrected chi connectivity index (χ3v) is 6.18. The van der Waals surface area contributed by atoms with E-state index in [9.17, 15) is 4.79 Å². The van der Waals surface area contributed by atoms with Crippen LogP contribution in [-0.2, 0) is 4.74 Å². The lowest BCUT2D eigenvalue weighted by Gasteiger charge is -2.28. The molecule has 4 aromatic rings. The molecular formula is C26H25N3O3. The molecule has 0 atom stereocenters. The highest BCUT2D eigenvalue weighted by Crippen LogP contribution is 2.38. The van der Waals surface area contributed by atoms with Gasteiger partial charge >= 0.3 is 0 Å². The van der Waals surface area contributed by atoms with Crippen molar-refractivity contribution in [2.45, 2.75) is 37.7 Å². The summed E-state index contributed by atoms with van der Waals surface area (Å²) in [6, 6.07) is 18.8. The third-order valence-electron chi connectivity index (χ3n) is 6.18. The van der Waals surface area contributed by atoms with Gasteiger partial charge in [0, 0.05) is 24.4 Å². The lowest BCUT2D eigenvalue weighted by molar-refractivity contribution is 0.0656. The predicted octanol–water partition coefficient (Wildman–Crippen LogP) is 5.65. The van der Waals surface area contributed by atoms with Crippen LogP contribution in [-0.4, -0.2) is 33.9 Å². The monoisotopic (exact) mass is 427 g/mol. The van der Waals surface area contributed by atoms with Crippen LogP contribution < -0.4 is 4.74 Å². The molecule has 2 aromatic heterocycles. The topological polar surface area (TPSA) is 77.1 Å². The fraction of sp³-hybridized carbons (Fsp3) is 0.269. The van der Waals surface area contributed by atoms with E-state index in [4.69, 9.17) is 9.47 Å². The van der Waals surface area contributed by atoms with Gasteiger partial charge in [-0.15, -0.1) is 0 Å². The van der Waals surface area contributed by atoms with Gasteiger partial charge in [-0.05, 0) is 74.1 Å². The highest BCUT2D eigenvalue weighted by molar-refractivity contribution is 6.08. The molecule has 1 fully saturated rings. The SMILES string of the molecule is COC1CCC(c2cccnc2Oc2ccc(C(=O)c3nc4ccccc4[nH]3)cc2)CC1. The van der Waals surface area contributed by atoms with Crippen LogP contribution in [0.15, 0.2) is 66.9 Å². The van der Waals surface area contributed by atoms with E-state index in [1.165, 1.54) is 0 Å². The van der Waals surface area contributed by atoms with E-state index in [2.05, 4.69) is 21.0 Å². The molecule has 2 aromatic carbocycles. The standard InChI is InChI=1S/C26H25N3O3/c1-31-19-12-8-17(9-13-19)21-5-4-16-27-26(21)32-20-14-10-18(11-15-20)24(30)25-28-22-6-2-3-7-23(22)29-25/h2-7,10-11,14-17,19H,8-9,12-13H2,1H3,(H,28,29). The Morgan fingerprint density at radius 3 is 2.50 bits per heavy atom. The van der Waals surface area contributed by atoms with E-state index in [1.807, 2.05) is 30.3 Å². The summed E-state index contributed by atoms with van der Waals surface area (Å²) in [6.07, 6.45) is 6.32. The van der Waals surface area contributed by atoms with Crippen molar-refractivity contribution in [3.8, 4) is 11.6 Å². The van der Waals surface area contributed by atoms with Crippen LogP contribution >= 0.6 is 0 Å². The van der Waals surface area contributed by atoms with Gasteiger partial charge in [-0.25, -0.2) is 9.97 Å². The van der Waals surface area contributed by atoms with E-state index >= 15 is 0 Å². The van der Waals surface area contributed by atoms with E-state index in [1.54, 1.807) is 37.6 Å². The molecule has 6 nitrogen and oxygen atoms in total. The van der Waals surface area contributed by atoms with E-state index in [-0.39, 0.29) is 5.78 Å². The van der Waals surface area contributed by atoms with Gasteiger partial charge in [-0.2, -0.15) is 0 Å². The van der Waals surface area contributed by atoms with Gasteiger partial charge < -0.3 is 14.5 Å². The van der Waals surface area contributed by atoms with Gasteiger partial charge in [0.15, 0.2) is 5.82 Å². The molecule has 0 amide bonds. The minimum absolute atomic E-state index is 0.152. The fourth-order valence-electron chi connectivity index (χ4n) is 4.39. The van der Waals surface area contributed by atoms with Crippen molar-refractivity contribution in [3.05, 3.63) is 83.8 Å². The molecule has 5 rings (SSSR count). The molecule has 6 heteroatoms. The molecule has 0 aliphatic heterocycles. The normalized spacial score (nSPS) is 18.5. The maximum absolute atomic E-state index is 12.8. The number of ketones is 1. The third kappa shape index (κ3) is 4.14. The summed E-state index contributed by atoms with van der Waals surface area (Å²) in [6.45, 7) is 0. The molecule has 1 aliphatic rings. The summed E-state index contributed by atoms with van der Waals surface area (Å²) in [5.41, 5.74) is 3.30. The quantitative estimate of drug-likeness (QED) is 0.402. The summed E-state index contributed by atoms with van der Waals surface area (Å²) in [5.74, 6) is 1.88. The minimum atomic E-state index is -0.152. The average Bonchev–Trinajstić information content (AvgIpc) is 3.29. The summed E-state index contributed by atoms with van der Waals surface area (Å²) in [4.78, 5) is 24.8. The summed E-state index contributed by atoms with van der Waals surface area (Å²) < 4.78 is 11.6. The molecular weight excluding hydrogens is 402 g/mol. The van der Waals surface area contributed by atoms with Crippen LogP contribution in [0.5, 0.6) is 11.6 Å². The largest absolute Gasteiger partial charge is 0.439 e. The molecule has 1 aliphatic carbocycles. The van der Waals surface area contributed by atoms with Gasteiger partial charge in [0.05, 0.1) is 17.1 Å². The van der Waals surface area contributed by atoms with E-state index in [0.717, 1.165) is 42.3 Å². The highest BCUT2D eigenvalue weighted by Gasteiger charge is 2.25. The summed E-state index contributed by atoms with van der Waals surface area (Å²) in [7, 11) is 1.78. The van der Waals surface area contributed by atoms with Crippen molar-refractivity contribution in [2.75, 3.05) is 7.11 Å². The van der Waals surface area contributed by atoms with Crippen LogP contribution in [0.25, 0.3) is 11.0 Å². The lowest BCUT2D eigenvalue weighted by Crippen LogP contribution is -2.19. The number of carbonyl (C=O) groups excluding carboxylic acids is 1. The second kappa shape index (κ2) is 8.93. The molecule has 2 heterocycles. The predicted molar refractivity (Wildman–Crippen MR) is 122 cm³/mol. The molecule has 0 saturated heterocycles. The number of fused-ring (bicyclic) bond motifs is 1. The summed E-state index contributed by atoms with van der Waals surface area (Å²) in [5, 5.41) is 0. The molecule has 1 saturated carbocycles. The van der Waals surface area contributed by atoms with Crippen molar-refractivity contribution in [2.24, 2.45) is 0 Å². The molecule has 0 spiro atoms. The molecule has 0 bridgehead atoms. The van der Waals surface area contributed by atoms with Gasteiger partial charge in [0.2, 0.25) is 11.7 Å². The van der Waals surface area contributed by atoms with Crippen molar-refractivity contribution in [1.29, 1.82) is 0 Å². The van der Waals surface area contributed by atoms with Crippen LogP contribution in [0.4, 0.5) is 0 Å². The van der Waals surface area contributed by atoms with Crippen LogP contribution in [0.2, 0.25) is 0 Å². The van der Waals surface area contributed by atoms with Crippen molar-refractivity contribution >= 4 is 16.8 Å². The number of hydrogen-bond acceptors (Lipinski definition) is 5. The lowest BCUT2D eigenvalue weighted by atomic mass is 9.83. The first-order chi connectivity index (χ1) is 15.7. The number of methoxy groups -OCH3 is 1. The number of aromatic nitrogens is 3. The number of aromatic amines is 1. The molecule has 0 radical (unpaired) electrons. The highest BCUT2D eigenvalue weighted by atomic mass is 16.5. The second-order valence-electron chi connectivity index (χ2n) is 8.17. The fourth-order valence-corrected chi connectivity index (χ4v) is 4.39. The zero-order valence-corrected chi connectivity index (χ0v) is 18.0. The molecule has 1 N–H and O–H groups in total. The number of benzene rings is 2. The first-order valence-electron chi connectivity index (χ1n) is 11.0. The number of hydrogen-bond donors (Lipinski definition) is 1. The Morgan fingerprint density at radius 2 is 1.75 bits per heavy atom. The number of nitrogens with zero attached hydrogens (tertiary/aromatic N) is 2. The van der Waals surface area contributed by atoms with Crippen molar-refractivity contribution in [1.82, 2.24) is 15.0 Å². The Balaban J connectivity index is 1.31. The van der Waals surface area contributed by atoms with Crippen molar-refractivity contribution < 1.29 is 14.3 Å². The van der Waals surface area contributed by atoms with Gasteiger partial charge in [-0.3, -0.25) is 4.79 Å². The van der Waals surface area contributed by atoms with Crippen LogP contribution in [0, 0.1) is 0 Å². The molecule has 162 valence electrons. The smallest absolute Gasteiger partial charge is 0.228 e. The minimum Gasteiger partial charge on any atom is -0.439 e. The number of rotatable bonds is 6. The Morgan fingerprint density at radius 1 is 0.969 bits per heavy atom. The zero-order valence-electron chi connectivity index (χ0n) is 18.0. The Labute approximate surface area is 186 Å². The van der Waals surface area contributed by atoms with Crippen molar-refractivity contribution in [3.63, 3.8) is 0 Å².